The summed E-state index contributed by atoms with van der Waals surface area (Å²) in [4.78, 5) is 23.5. The number of urea groups is 1. The topological polar surface area (TPSA) is 72.6 Å². The van der Waals surface area contributed by atoms with Gasteiger partial charge in [-0.05, 0) is 17.7 Å². The van der Waals surface area contributed by atoms with Crippen molar-refractivity contribution in [1.82, 2.24) is 4.90 Å². The molecule has 0 atom stereocenters. The zero-order valence-electron chi connectivity index (χ0n) is 9.35. The summed E-state index contributed by atoms with van der Waals surface area (Å²) in [6.07, 6.45) is 0. The van der Waals surface area contributed by atoms with Crippen LogP contribution in [0.25, 0.3) is 0 Å². The predicted octanol–water partition coefficient (Wildman–Crippen LogP) is 1.50. The van der Waals surface area contributed by atoms with Gasteiger partial charge in [0.25, 0.3) is 0 Å². The number of hydrogen-bond acceptors (Lipinski definition) is 3. The standard InChI is InChI=1S/C11H13BrN2O3/c1-17-10(15)7-14(11(13)16)6-8-2-4-9(12)5-3-8/h2-5H,6-7H2,1H3,(H2,13,16). The molecule has 5 nitrogen and oxygen atoms in total. The van der Waals surface area contributed by atoms with Gasteiger partial charge in [0, 0.05) is 11.0 Å². The summed E-state index contributed by atoms with van der Waals surface area (Å²) in [6.45, 7) is 0.125. The van der Waals surface area contributed by atoms with Crippen molar-refractivity contribution >= 4 is 27.9 Å². The van der Waals surface area contributed by atoms with Crippen molar-refractivity contribution in [3.05, 3.63) is 34.3 Å². The van der Waals surface area contributed by atoms with Crippen molar-refractivity contribution in [2.45, 2.75) is 6.54 Å². The zero-order valence-corrected chi connectivity index (χ0v) is 10.9. The lowest BCUT2D eigenvalue weighted by atomic mass is 10.2. The molecular weight excluding hydrogens is 288 g/mol. The van der Waals surface area contributed by atoms with Gasteiger partial charge in [-0.25, -0.2) is 4.79 Å². The molecule has 0 unspecified atom stereocenters. The van der Waals surface area contributed by atoms with Crippen LogP contribution in [-0.2, 0) is 16.1 Å². The summed E-state index contributed by atoms with van der Waals surface area (Å²) in [7, 11) is 1.27. The van der Waals surface area contributed by atoms with Gasteiger partial charge in [0.1, 0.15) is 6.54 Å². The van der Waals surface area contributed by atoms with E-state index in [2.05, 4.69) is 20.7 Å². The molecule has 0 aliphatic rings. The Bertz CT molecular complexity index is 406. The highest BCUT2D eigenvalue weighted by atomic mass is 79.9. The number of halogens is 1. The van der Waals surface area contributed by atoms with Gasteiger partial charge in [0.2, 0.25) is 0 Å². The van der Waals surface area contributed by atoms with Crippen LogP contribution in [0.4, 0.5) is 4.79 Å². The van der Waals surface area contributed by atoms with Crippen LogP contribution in [0, 0.1) is 0 Å². The molecular formula is C11H13BrN2O3. The molecule has 0 heterocycles. The Labute approximate surface area is 108 Å². The first-order chi connectivity index (χ1) is 8.02. The van der Waals surface area contributed by atoms with Gasteiger partial charge in [-0.15, -0.1) is 0 Å². The smallest absolute Gasteiger partial charge is 0.325 e. The van der Waals surface area contributed by atoms with E-state index in [4.69, 9.17) is 5.73 Å². The maximum Gasteiger partial charge on any atom is 0.325 e. The minimum absolute atomic E-state index is 0.151. The zero-order chi connectivity index (χ0) is 12.8. The van der Waals surface area contributed by atoms with Crippen LogP contribution in [0.2, 0.25) is 0 Å². The van der Waals surface area contributed by atoms with Crippen molar-refractivity contribution in [2.24, 2.45) is 5.73 Å². The fraction of sp³-hybridized carbons (Fsp3) is 0.273. The van der Waals surface area contributed by atoms with E-state index in [9.17, 15) is 9.59 Å². The molecule has 1 rings (SSSR count). The van der Waals surface area contributed by atoms with Crippen LogP contribution in [-0.4, -0.2) is 30.6 Å². The number of amides is 2. The van der Waals surface area contributed by atoms with E-state index in [-0.39, 0.29) is 13.1 Å². The Morgan fingerprint density at radius 1 is 1.35 bits per heavy atom. The summed E-state index contributed by atoms with van der Waals surface area (Å²) >= 11 is 3.31. The predicted molar refractivity (Wildman–Crippen MR) is 66.2 cm³/mol. The lowest BCUT2D eigenvalue weighted by Gasteiger charge is -2.18. The number of hydrogen-bond donors (Lipinski definition) is 1. The van der Waals surface area contributed by atoms with Gasteiger partial charge in [0.05, 0.1) is 7.11 Å². The highest BCUT2D eigenvalue weighted by molar-refractivity contribution is 9.10. The number of nitrogens with zero attached hydrogens (tertiary/aromatic N) is 1. The van der Waals surface area contributed by atoms with Crippen molar-refractivity contribution in [3.8, 4) is 0 Å². The molecule has 0 aromatic heterocycles. The molecule has 1 aromatic rings. The first kappa shape index (κ1) is 13.5. The SMILES string of the molecule is COC(=O)CN(Cc1ccc(Br)cc1)C(N)=O. The molecule has 0 saturated carbocycles. The van der Waals surface area contributed by atoms with Gasteiger partial charge >= 0.3 is 12.0 Å². The third-order valence-corrected chi connectivity index (χ3v) is 2.67. The molecule has 92 valence electrons. The van der Waals surface area contributed by atoms with Crippen LogP contribution in [0.3, 0.4) is 0 Å². The molecule has 0 aliphatic heterocycles. The Balaban J connectivity index is 2.70. The van der Waals surface area contributed by atoms with E-state index in [1.165, 1.54) is 12.0 Å². The summed E-state index contributed by atoms with van der Waals surface area (Å²) in [5.41, 5.74) is 6.07. The maximum absolute atomic E-state index is 11.2. The second-order valence-electron chi connectivity index (χ2n) is 3.40. The van der Waals surface area contributed by atoms with Crippen LogP contribution >= 0.6 is 15.9 Å². The number of carbonyl (C=O) groups excluding carboxylic acids is 2. The summed E-state index contributed by atoms with van der Waals surface area (Å²) in [5.74, 6) is -0.499. The number of primary amides is 1. The average molecular weight is 301 g/mol. The van der Waals surface area contributed by atoms with E-state index in [1.807, 2.05) is 24.3 Å². The molecule has 2 amide bonds. The third kappa shape index (κ3) is 4.44. The molecule has 0 fully saturated rings. The number of esters is 1. The van der Waals surface area contributed by atoms with Crippen LogP contribution in [0.15, 0.2) is 28.7 Å². The van der Waals surface area contributed by atoms with E-state index in [0.717, 1.165) is 10.0 Å². The first-order valence-electron chi connectivity index (χ1n) is 4.88. The Kier molecular flexibility index (Phi) is 4.96. The summed E-state index contributed by atoms with van der Waals surface area (Å²) in [6, 6.07) is 6.74. The normalized spacial score (nSPS) is 9.76. The molecule has 6 heteroatoms. The third-order valence-electron chi connectivity index (χ3n) is 2.15. The van der Waals surface area contributed by atoms with Crippen molar-refractivity contribution in [3.63, 3.8) is 0 Å². The van der Waals surface area contributed by atoms with Crippen LogP contribution < -0.4 is 5.73 Å². The first-order valence-corrected chi connectivity index (χ1v) is 5.68. The average Bonchev–Trinajstić information content (AvgIpc) is 2.30. The molecule has 0 saturated heterocycles. The van der Waals surface area contributed by atoms with Crippen molar-refractivity contribution < 1.29 is 14.3 Å². The molecule has 1 aromatic carbocycles. The molecule has 0 spiro atoms. The molecule has 17 heavy (non-hydrogen) atoms. The van der Waals surface area contributed by atoms with Gasteiger partial charge in [-0.3, -0.25) is 4.79 Å². The monoisotopic (exact) mass is 300 g/mol. The van der Waals surface area contributed by atoms with Crippen molar-refractivity contribution in [2.75, 3.05) is 13.7 Å². The van der Waals surface area contributed by atoms with Gasteiger partial charge < -0.3 is 15.4 Å². The minimum atomic E-state index is -0.654. The fourth-order valence-corrected chi connectivity index (χ4v) is 1.51. The highest BCUT2D eigenvalue weighted by Gasteiger charge is 2.14. The fourth-order valence-electron chi connectivity index (χ4n) is 1.24. The summed E-state index contributed by atoms with van der Waals surface area (Å²) < 4.78 is 5.44. The largest absolute Gasteiger partial charge is 0.468 e. The van der Waals surface area contributed by atoms with Gasteiger partial charge in [-0.1, -0.05) is 28.1 Å². The lowest BCUT2D eigenvalue weighted by Crippen LogP contribution is -2.39. The Morgan fingerprint density at radius 2 is 1.94 bits per heavy atom. The molecule has 0 radical (unpaired) electrons. The highest BCUT2D eigenvalue weighted by Crippen LogP contribution is 2.12. The quantitative estimate of drug-likeness (QED) is 0.857. The van der Waals surface area contributed by atoms with Crippen molar-refractivity contribution in [1.29, 1.82) is 0 Å². The van der Waals surface area contributed by atoms with E-state index < -0.39 is 12.0 Å². The van der Waals surface area contributed by atoms with E-state index in [1.54, 1.807) is 0 Å². The van der Waals surface area contributed by atoms with Gasteiger partial charge in [0.15, 0.2) is 0 Å². The molecule has 2 N–H and O–H groups in total. The Morgan fingerprint density at radius 3 is 2.41 bits per heavy atom. The second-order valence-corrected chi connectivity index (χ2v) is 4.31. The Hall–Kier alpha value is -1.56. The summed E-state index contributed by atoms with van der Waals surface area (Å²) in [5, 5.41) is 0. The van der Waals surface area contributed by atoms with Gasteiger partial charge in [-0.2, -0.15) is 0 Å². The molecule has 0 bridgehead atoms. The number of nitrogens with two attached hydrogens (primary N) is 1. The number of carbonyl (C=O) groups is 2. The lowest BCUT2D eigenvalue weighted by molar-refractivity contribution is -0.141. The number of rotatable bonds is 4. The van der Waals surface area contributed by atoms with Crippen LogP contribution in [0.1, 0.15) is 5.56 Å². The molecule has 0 aliphatic carbocycles. The number of methoxy groups -OCH3 is 1. The number of benzene rings is 1. The van der Waals surface area contributed by atoms with Crippen LogP contribution in [0.5, 0.6) is 0 Å². The second kappa shape index (κ2) is 6.24. The van der Waals surface area contributed by atoms with E-state index >= 15 is 0 Å². The minimum Gasteiger partial charge on any atom is -0.468 e. The van der Waals surface area contributed by atoms with E-state index in [0.29, 0.717) is 0 Å². The maximum atomic E-state index is 11.2. The number of ether oxygens (including phenoxy) is 1.